The first-order valence-electron chi connectivity index (χ1n) is 6.14. The number of amides is 1. The van der Waals surface area contributed by atoms with Crippen LogP contribution in [0, 0.1) is 5.82 Å². The van der Waals surface area contributed by atoms with Gasteiger partial charge >= 0.3 is 0 Å². The zero-order valence-electron chi connectivity index (χ0n) is 10.9. The van der Waals surface area contributed by atoms with Gasteiger partial charge < -0.3 is 10.4 Å². The average molecular weight is 278 g/mol. The molecular weight excluding hydrogens is 263 g/mol. The predicted molar refractivity (Wildman–Crippen MR) is 69.1 cm³/mol. The van der Waals surface area contributed by atoms with Crippen LogP contribution in [0.4, 0.5) is 4.39 Å². The van der Waals surface area contributed by atoms with E-state index >= 15 is 0 Å². The highest BCUT2D eigenvalue weighted by Crippen LogP contribution is 2.15. The van der Waals surface area contributed by atoms with Crippen LogP contribution >= 0.6 is 0 Å². The second kappa shape index (κ2) is 6.25. The molecule has 0 bridgehead atoms. The number of aliphatic hydroxyl groups excluding tert-OH is 1. The minimum atomic E-state index is -1.09. The van der Waals surface area contributed by atoms with E-state index in [1.807, 2.05) is 0 Å². The Labute approximate surface area is 115 Å². The normalized spacial score (nSPS) is 13.8. The van der Waals surface area contributed by atoms with Gasteiger partial charge in [-0.2, -0.15) is 5.10 Å². The van der Waals surface area contributed by atoms with Crippen LogP contribution in [-0.2, 0) is 4.79 Å². The van der Waals surface area contributed by atoms with Crippen LogP contribution in [0.25, 0.3) is 0 Å². The molecule has 2 rings (SSSR count). The highest BCUT2D eigenvalue weighted by Gasteiger charge is 2.18. The standard InChI is InChI=1S/C13H15FN4O2/c1-9(18-8-15-7-17-18)13(20)16-6-12(19)10-4-2-3-5-11(10)14/h2-5,7-9,12,19H,6H2,1H3,(H,16,20). The number of hydrogen-bond donors (Lipinski definition) is 2. The van der Waals surface area contributed by atoms with Crippen LogP contribution in [-0.4, -0.2) is 32.3 Å². The van der Waals surface area contributed by atoms with Crippen molar-refractivity contribution in [3.63, 3.8) is 0 Å². The molecule has 1 aromatic carbocycles. The topological polar surface area (TPSA) is 80.0 Å². The fraction of sp³-hybridized carbons (Fsp3) is 0.308. The lowest BCUT2D eigenvalue weighted by Gasteiger charge is -2.15. The van der Waals surface area contributed by atoms with Gasteiger partial charge in [0.25, 0.3) is 0 Å². The van der Waals surface area contributed by atoms with Crippen molar-refractivity contribution in [2.75, 3.05) is 6.54 Å². The number of benzene rings is 1. The smallest absolute Gasteiger partial charge is 0.244 e. The molecule has 0 spiro atoms. The summed E-state index contributed by atoms with van der Waals surface area (Å²) in [5, 5.41) is 16.3. The molecular formula is C13H15FN4O2. The number of aliphatic hydroxyl groups is 1. The Morgan fingerprint density at radius 1 is 1.50 bits per heavy atom. The third kappa shape index (κ3) is 3.18. The lowest BCUT2D eigenvalue weighted by molar-refractivity contribution is -0.124. The maximum Gasteiger partial charge on any atom is 0.244 e. The third-order valence-corrected chi connectivity index (χ3v) is 2.95. The van der Waals surface area contributed by atoms with E-state index < -0.39 is 18.0 Å². The van der Waals surface area contributed by atoms with Gasteiger partial charge in [0.05, 0.1) is 6.10 Å². The summed E-state index contributed by atoms with van der Waals surface area (Å²) in [5.41, 5.74) is 0.154. The van der Waals surface area contributed by atoms with Crippen LogP contribution in [0.2, 0.25) is 0 Å². The molecule has 0 aliphatic rings. The molecule has 2 N–H and O–H groups in total. The molecule has 2 aromatic rings. The number of carbonyl (C=O) groups excluding carboxylic acids is 1. The molecule has 0 aliphatic carbocycles. The molecule has 0 aliphatic heterocycles. The summed E-state index contributed by atoms with van der Waals surface area (Å²) in [4.78, 5) is 15.6. The van der Waals surface area contributed by atoms with Gasteiger partial charge in [0.15, 0.2) is 0 Å². The Kier molecular flexibility index (Phi) is 4.41. The molecule has 0 saturated carbocycles. The first kappa shape index (κ1) is 14.1. The van der Waals surface area contributed by atoms with Crippen molar-refractivity contribution in [3.05, 3.63) is 48.3 Å². The first-order chi connectivity index (χ1) is 9.59. The number of halogens is 1. The largest absolute Gasteiger partial charge is 0.386 e. The summed E-state index contributed by atoms with van der Waals surface area (Å²) in [6, 6.07) is 5.36. The molecule has 0 saturated heterocycles. The van der Waals surface area contributed by atoms with Gasteiger partial charge in [-0.3, -0.25) is 4.79 Å². The summed E-state index contributed by atoms with van der Waals surface area (Å²) in [5.74, 6) is -0.829. The van der Waals surface area contributed by atoms with Crippen molar-refractivity contribution >= 4 is 5.91 Å². The van der Waals surface area contributed by atoms with Crippen LogP contribution in [0.15, 0.2) is 36.9 Å². The van der Waals surface area contributed by atoms with E-state index in [2.05, 4.69) is 15.4 Å². The maximum atomic E-state index is 13.5. The number of carbonyl (C=O) groups is 1. The lowest BCUT2D eigenvalue weighted by atomic mass is 10.1. The average Bonchev–Trinajstić information content (AvgIpc) is 2.98. The molecule has 106 valence electrons. The molecule has 2 atom stereocenters. The van der Waals surface area contributed by atoms with Crippen molar-refractivity contribution in [2.24, 2.45) is 0 Å². The van der Waals surface area contributed by atoms with Crippen molar-refractivity contribution in [1.82, 2.24) is 20.1 Å². The van der Waals surface area contributed by atoms with E-state index in [1.54, 1.807) is 13.0 Å². The van der Waals surface area contributed by atoms with E-state index in [0.717, 1.165) is 0 Å². The Balaban J connectivity index is 1.92. The highest BCUT2D eigenvalue weighted by atomic mass is 19.1. The fourth-order valence-corrected chi connectivity index (χ4v) is 1.74. The summed E-state index contributed by atoms with van der Waals surface area (Å²) in [6.45, 7) is 1.58. The molecule has 1 aromatic heterocycles. The predicted octanol–water partition coefficient (Wildman–Crippen LogP) is 0.828. The van der Waals surface area contributed by atoms with Crippen molar-refractivity contribution < 1.29 is 14.3 Å². The zero-order valence-corrected chi connectivity index (χ0v) is 10.9. The van der Waals surface area contributed by atoms with E-state index in [-0.39, 0.29) is 18.0 Å². The Morgan fingerprint density at radius 3 is 2.90 bits per heavy atom. The zero-order chi connectivity index (χ0) is 14.5. The first-order valence-corrected chi connectivity index (χ1v) is 6.14. The van der Waals surface area contributed by atoms with Gasteiger partial charge in [0.1, 0.15) is 24.5 Å². The van der Waals surface area contributed by atoms with Gasteiger partial charge in [-0.1, -0.05) is 18.2 Å². The second-order valence-corrected chi connectivity index (χ2v) is 4.33. The van der Waals surface area contributed by atoms with Gasteiger partial charge in [-0.05, 0) is 13.0 Å². The Bertz CT molecular complexity index is 574. The number of aromatic nitrogens is 3. The summed E-state index contributed by atoms with van der Waals surface area (Å²) < 4.78 is 14.8. The molecule has 0 fully saturated rings. The minimum absolute atomic E-state index is 0.0706. The van der Waals surface area contributed by atoms with Crippen LogP contribution in [0.3, 0.4) is 0 Å². The number of hydrogen-bond acceptors (Lipinski definition) is 4. The minimum Gasteiger partial charge on any atom is -0.386 e. The van der Waals surface area contributed by atoms with E-state index in [1.165, 1.54) is 35.5 Å². The van der Waals surface area contributed by atoms with Crippen molar-refractivity contribution in [2.45, 2.75) is 19.1 Å². The fourth-order valence-electron chi connectivity index (χ4n) is 1.74. The molecule has 1 heterocycles. The summed E-state index contributed by atoms with van der Waals surface area (Å²) in [6.07, 6.45) is 1.67. The second-order valence-electron chi connectivity index (χ2n) is 4.33. The van der Waals surface area contributed by atoms with E-state index in [9.17, 15) is 14.3 Å². The molecule has 1 amide bonds. The monoisotopic (exact) mass is 278 g/mol. The Morgan fingerprint density at radius 2 is 2.25 bits per heavy atom. The Hall–Kier alpha value is -2.28. The van der Waals surface area contributed by atoms with Crippen LogP contribution in [0.5, 0.6) is 0 Å². The number of nitrogens with zero attached hydrogens (tertiary/aromatic N) is 3. The van der Waals surface area contributed by atoms with E-state index in [0.29, 0.717) is 0 Å². The van der Waals surface area contributed by atoms with Crippen LogP contribution < -0.4 is 5.32 Å². The lowest BCUT2D eigenvalue weighted by Crippen LogP contribution is -2.34. The summed E-state index contributed by atoms with van der Waals surface area (Å²) >= 11 is 0. The third-order valence-electron chi connectivity index (χ3n) is 2.95. The number of rotatable bonds is 5. The van der Waals surface area contributed by atoms with Gasteiger partial charge in [-0.25, -0.2) is 14.1 Å². The van der Waals surface area contributed by atoms with Gasteiger partial charge in [0.2, 0.25) is 5.91 Å². The molecule has 2 unspecified atom stereocenters. The van der Waals surface area contributed by atoms with Crippen molar-refractivity contribution in [1.29, 1.82) is 0 Å². The maximum absolute atomic E-state index is 13.5. The molecule has 7 heteroatoms. The van der Waals surface area contributed by atoms with Gasteiger partial charge in [-0.15, -0.1) is 0 Å². The number of nitrogens with one attached hydrogen (secondary N) is 1. The SMILES string of the molecule is CC(C(=O)NCC(O)c1ccccc1F)n1cncn1. The molecule has 20 heavy (non-hydrogen) atoms. The van der Waals surface area contributed by atoms with E-state index in [4.69, 9.17) is 0 Å². The van der Waals surface area contributed by atoms with Gasteiger partial charge in [0, 0.05) is 12.1 Å². The highest BCUT2D eigenvalue weighted by molar-refractivity contribution is 5.79. The summed E-state index contributed by atoms with van der Waals surface area (Å²) in [7, 11) is 0. The molecule has 6 nitrogen and oxygen atoms in total. The quantitative estimate of drug-likeness (QED) is 0.849. The van der Waals surface area contributed by atoms with Crippen molar-refractivity contribution in [3.8, 4) is 0 Å². The van der Waals surface area contributed by atoms with Crippen LogP contribution in [0.1, 0.15) is 24.6 Å². The molecule has 0 radical (unpaired) electrons.